The molecule has 110 valence electrons. The monoisotopic (exact) mass is 298 g/mol. The molecule has 2 aromatic rings. The minimum Gasteiger partial charge on any atom is -0.461 e. The maximum absolute atomic E-state index is 11.5. The summed E-state index contributed by atoms with van der Waals surface area (Å²) in [5.74, 6) is 0.639. The third-order valence-electron chi connectivity index (χ3n) is 2.83. The first-order valence-electron chi connectivity index (χ1n) is 6.20. The van der Waals surface area contributed by atoms with E-state index in [1.54, 1.807) is 0 Å². The maximum Gasteiger partial charge on any atom is 0.239 e. The van der Waals surface area contributed by atoms with Gasteiger partial charge in [-0.1, -0.05) is 18.2 Å². The topological polar surface area (TPSA) is 77.5 Å². The zero-order valence-electron chi connectivity index (χ0n) is 11.3. The van der Waals surface area contributed by atoms with Crippen molar-refractivity contribution in [3.63, 3.8) is 0 Å². The van der Waals surface area contributed by atoms with Crippen LogP contribution in [0.1, 0.15) is 5.76 Å². The predicted molar refractivity (Wildman–Crippen MR) is 80.0 cm³/mol. The Morgan fingerprint density at radius 2 is 2.20 bits per heavy atom. The Bertz CT molecular complexity index is 523. The molecule has 20 heavy (non-hydrogen) atoms. The van der Waals surface area contributed by atoms with Gasteiger partial charge in [0.25, 0.3) is 0 Å². The first-order chi connectivity index (χ1) is 9.20. The Morgan fingerprint density at radius 3 is 2.90 bits per heavy atom. The number of methoxy groups -OCH3 is 1. The summed E-state index contributed by atoms with van der Waals surface area (Å²) in [5, 5.41) is 3.83. The smallest absolute Gasteiger partial charge is 0.239 e. The van der Waals surface area contributed by atoms with Gasteiger partial charge in [-0.2, -0.15) is 0 Å². The van der Waals surface area contributed by atoms with Gasteiger partial charge in [0.05, 0.1) is 6.61 Å². The van der Waals surface area contributed by atoms with Crippen molar-refractivity contribution in [1.29, 1.82) is 0 Å². The number of hydrogen-bond acceptors (Lipinski definition) is 4. The average molecular weight is 299 g/mol. The molecule has 0 saturated heterocycles. The molecule has 1 unspecified atom stereocenters. The van der Waals surface area contributed by atoms with E-state index in [4.69, 9.17) is 14.9 Å². The summed E-state index contributed by atoms with van der Waals surface area (Å²) in [7, 11) is 1.52. The molecule has 0 radical (unpaired) electrons. The molecule has 1 amide bonds. The van der Waals surface area contributed by atoms with E-state index >= 15 is 0 Å². The third kappa shape index (κ3) is 4.23. The standard InChI is InChI=1S/C14H18N2O3.ClH/c1-18-9-12(15)14(17)16-7-6-11-8-10-4-2-3-5-13(10)19-11;/h2-5,8,12H,6-7,9,15H2,1H3,(H,16,17);1H. The molecule has 0 aliphatic rings. The Balaban J connectivity index is 0.00000200. The lowest BCUT2D eigenvalue weighted by Crippen LogP contribution is -2.44. The van der Waals surface area contributed by atoms with E-state index in [0.717, 1.165) is 16.7 Å². The molecule has 1 atom stereocenters. The molecule has 0 bridgehead atoms. The first kappa shape index (κ1) is 16.5. The molecule has 0 spiro atoms. The van der Waals surface area contributed by atoms with Crippen molar-refractivity contribution in [2.75, 3.05) is 20.3 Å². The van der Waals surface area contributed by atoms with Gasteiger partial charge in [0.15, 0.2) is 0 Å². The molecule has 0 fully saturated rings. The fraction of sp³-hybridized carbons (Fsp3) is 0.357. The van der Waals surface area contributed by atoms with E-state index in [2.05, 4.69) is 5.32 Å². The second-order valence-corrected chi connectivity index (χ2v) is 4.35. The Hall–Kier alpha value is -1.56. The second kappa shape index (κ2) is 7.89. The average Bonchev–Trinajstić information content (AvgIpc) is 2.81. The summed E-state index contributed by atoms with van der Waals surface area (Å²) in [6, 6.07) is 9.17. The van der Waals surface area contributed by atoms with Crippen LogP contribution in [-0.2, 0) is 16.0 Å². The lowest BCUT2D eigenvalue weighted by atomic mass is 10.2. The van der Waals surface area contributed by atoms with E-state index in [9.17, 15) is 4.79 Å². The Kier molecular flexibility index (Phi) is 6.51. The number of furan rings is 1. The van der Waals surface area contributed by atoms with Gasteiger partial charge in [-0.3, -0.25) is 4.79 Å². The highest BCUT2D eigenvalue weighted by molar-refractivity contribution is 5.85. The van der Waals surface area contributed by atoms with E-state index in [1.807, 2.05) is 30.3 Å². The molecule has 0 aliphatic heterocycles. The second-order valence-electron chi connectivity index (χ2n) is 4.35. The highest BCUT2D eigenvalue weighted by Crippen LogP contribution is 2.18. The number of carbonyl (C=O) groups excluding carboxylic acids is 1. The number of fused-ring (bicyclic) bond motifs is 1. The minimum absolute atomic E-state index is 0. The number of hydrogen-bond donors (Lipinski definition) is 2. The van der Waals surface area contributed by atoms with Crippen molar-refractivity contribution >= 4 is 29.3 Å². The summed E-state index contributed by atoms with van der Waals surface area (Å²) < 4.78 is 10.5. The van der Waals surface area contributed by atoms with Gasteiger partial charge in [0.1, 0.15) is 17.4 Å². The van der Waals surface area contributed by atoms with E-state index in [-0.39, 0.29) is 24.9 Å². The van der Waals surface area contributed by atoms with Crippen molar-refractivity contribution in [3.8, 4) is 0 Å². The van der Waals surface area contributed by atoms with Crippen molar-refractivity contribution in [1.82, 2.24) is 5.32 Å². The van der Waals surface area contributed by atoms with Gasteiger partial charge in [0.2, 0.25) is 5.91 Å². The summed E-state index contributed by atoms with van der Waals surface area (Å²) >= 11 is 0. The fourth-order valence-corrected chi connectivity index (χ4v) is 1.86. The van der Waals surface area contributed by atoms with Crippen LogP contribution < -0.4 is 11.1 Å². The summed E-state index contributed by atoms with van der Waals surface area (Å²) in [6.45, 7) is 0.715. The predicted octanol–water partition coefficient (Wildman–Crippen LogP) is 1.49. The first-order valence-corrected chi connectivity index (χ1v) is 6.20. The molecule has 0 saturated carbocycles. The molecule has 1 aromatic heterocycles. The third-order valence-corrected chi connectivity index (χ3v) is 2.83. The van der Waals surface area contributed by atoms with Gasteiger partial charge < -0.3 is 20.2 Å². The van der Waals surface area contributed by atoms with E-state index in [1.165, 1.54) is 7.11 Å². The van der Waals surface area contributed by atoms with Crippen LogP contribution in [0.25, 0.3) is 11.0 Å². The summed E-state index contributed by atoms with van der Waals surface area (Å²) in [5.41, 5.74) is 6.47. The van der Waals surface area contributed by atoms with Gasteiger partial charge in [-0.05, 0) is 12.1 Å². The molecule has 6 heteroatoms. The molecule has 1 aromatic carbocycles. The Labute approximate surface area is 123 Å². The normalized spacial score (nSPS) is 11.9. The van der Waals surface area contributed by atoms with Crippen LogP contribution in [0.4, 0.5) is 0 Å². The van der Waals surface area contributed by atoms with E-state index in [0.29, 0.717) is 13.0 Å². The zero-order chi connectivity index (χ0) is 13.7. The molecule has 5 nitrogen and oxygen atoms in total. The van der Waals surface area contributed by atoms with Crippen LogP contribution >= 0.6 is 12.4 Å². The van der Waals surface area contributed by atoms with E-state index < -0.39 is 6.04 Å². The highest BCUT2D eigenvalue weighted by atomic mass is 35.5. The van der Waals surface area contributed by atoms with Crippen LogP contribution in [0.2, 0.25) is 0 Å². The lowest BCUT2D eigenvalue weighted by Gasteiger charge is -2.10. The van der Waals surface area contributed by atoms with Gasteiger partial charge in [-0.15, -0.1) is 12.4 Å². The van der Waals surface area contributed by atoms with Crippen molar-refractivity contribution < 1.29 is 13.9 Å². The number of benzene rings is 1. The van der Waals surface area contributed by atoms with Crippen LogP contribution in [0.3, 0.4) is 0 Å². The largest absolute Gasteiger partial charge is 0.461 e. The van der Waals surface area contributed by atoms with Crippen LogP contribution in [0.15, 0.2) is 34.7 Å². The molecule has 0 aliphatic carbocycles. The molecule has 2 rings (SSSR count). The number of rotatable bonds is 6. The molecular formula is C14H19ClN2O3. The minimum atomic E-state index is -0.624. The summed E-state index contributed by atoms with van der Waals surface area (Å²) in [6.07, 6.45) is 0.639. The van der Waals surface area contributed by atoms with Crippen LogP contribution in [0, 0.1) is 0 Å². The van der Waals surface area contributed by atoms with Gasteiger partial charge in [-0.25, -0.2) is 0 Å². The van der Waals surface area contributed by atoms with Crippen LogP contribution in [0.5, 0.6) is 0 Å². The number of para-hydroxylation sites is 1. The number of halogens is 1. The Morgan fingerprint density at radius 1 is 1.45 bits per heavy atom. The lowest BCUT2D eigenvalue weighted by molar-refractivity contribution is -0.123. The number of ether oxygens (including phenoxy) is 1. The maximum atomic E-state index is 11.5. The van der Waals surface area contributed by atoms with Crippen LogP contribution in [-0.4, -0.2) is 32.2 Å². The SMILES string of the molecule is COCC(N)C(=O)NCCc1cc2ccccc2o1.Cl. The molecule has 1 heterocycles. The molecule has 3 N–H and O–H groups in total. The van der Waals surface area contributed by atoms with Crippen molar-refractivity contribution in [2.24, 2.45) is 5.73 Å². The quantitative estimate of drug-likeness (QED) is 0.847. The zero-order valence-corrected chi connectivity index (χ0v) is 12.1. The highest BCUT2D eigenvalue weighted by Gasteiger charge is 2.12. The molecular weight excluding hydrogens is 280 g/mol. The number of carbonyl (C=O) groups is 1. The van der Waals surface area contributed by atoms with Gasteiger partial charge >= 0.3 is 0 Å². The number of nitrogens with two attached hydrogens (primary N) is 1. The van der Waals surface area contributed by atoms with Gasteiger partial charge in [0, 0.05) is 25.5 Å². The number of amides is 1. The van der Waals surface area contributed by atoms with Crippen molar-refractivity contribution in [3.05, 3.63) is 36.1 Å². The van der Waals surface area contributed by atoms with Crippen molar-refractivity contribution in [2.45, 2.75) is 12.5 Å². The summed E-state index contributed by atoms with van der Waals surface area (Å²) in [4.78, 5) is 11.5. The fourth-order valence-electron chi connectivity index (χ4n) is 1.86. The number of nitrogens with one attached hydrogen (secondary N) is 1.